The van der Waals surface area contributed by atoms with Crippen molar-refractivity contribution in [2.45, 2.75) is 6.92 Å². The number of aromatic nitrogens is 1. The van der Waals surface area contributed by atoms with Gasteiger partial charge in [0.15, 0.2) is 5.69 Å². The van der Waals surface area contributed by atoms with Crippen molar-refractivity contribution in [2.24, 2.45) is 5.73 Å². The van der Waals surface area contributed by atoms with Crippen molar-refractivity contribution in [3.8, 4) is 16.9 Å². The SMILES string of the molecule is CC(=O)ONC(=O)c1ncc(-c2cccc(F)c2)cc1O.NCCO. The predicted octanol–water partition coefficient (Wildman–Crippen LogP) is 0.739. The fourth-order valence-electron chi connectivity index (χ4n) is 1.62. The minimum Gasteiger partial charge on any atom is -0.505 e. The molecule has 9 heteroatoms. The quantitative estimate of drug-likeness (QED) is 0.599. The summed E-state index contributed by atoms with van der Waals surface area (Å²) in [6.45, 7) is 1.58. The number of aromatic hydroxyl groups is 1. The number of nitrogens with zero attached hydrogens (tertiary/aromatic N) is 1. The third-order valence-corrected chi connectivity index (χ3v) is 2.66. The Morgan fingerprint density at radius 1 is 1.32 bits per heavy atom. The summed E-state index contributed by atoms with van der Waals surface area (Å²) in [6, 6.07) is 6.98. The zero-order valence-corrected chi connectivity index (χ0v) is 13.4. The number of pyridine rings is 1. The number of aliphatic hydroxyl groups excluding tert-OH is 1. The molecular weight excluding hydrogens is 333 g/mol. The van der Waals surface area contributed by atoms with Gasteiger partial charge < -0.3 is 20.8 Å². The molecule has 134 valence electrons. The van der Waals surface area contributed by atoms with E-state index in [9.17, 15) is 19.1 Å². The Hall–Kier alpha value is -3.04. The van der Waals surface area contributed by atoms with Crippen molar-refractivity contribution >= 4 is 11.9 Å². The second-order valence-corrected chi connectivity index (χ2v) is 4.64. The maximum Gasteiger partial charge on any atom is 0.329 e. The van der Waals surface area contributed by atoms with E-state index in [0.717, 1.165) is 6.92 Å². The first-order valence-electron chi connectivity index (χ1n) is 7.12. The second kappa shape index (κ2) is 9.96. The van der Waals surface area contributed by atoms with Gasteiger partial charge in [-0.1, -0.05) is 12.1 Å². The molecule has 1 aromatic carbocycles. The van der Waals surface area contributed by atoms with Gasteiger partial charge in [0.2, 0.25) is 0 Å². The molecule has 0 saturated heterocycles. The second-order valence-electron chi connectivity index (χ2n) is 4.64. The van der Waals surface area contributed by atoms with Crippen LogP contribution in [0, 0.1) is 5.82 Å². The van der Waals surface area contributed by atoms with Gasteiger partial charge in [-0.25, -0.2) is 9.37 Å². The van der Waals surface area contributed by atoms with Crippen LogP contribution < -0.4 is 11.2 Å². The third-order valence-electron chi connectivity index (χ3n) is 2.66. The molecule has 1 aromatic heterocycles. The van der Waals surface area contributed by atoms with Gasteiger partial charge in [-0.05, 0) is 23.8 Å². The van der Waals surface area contributed by atoms with E-state index in [2.05, 4.69) is 9.82 Å². The Bertz CT molecular complexity index is 737. The van der Waals surface area contributed by atoms with Gasteiger partial charge in [-0.2, -0.15) is 5.48 Å². The fourth-order valence-corrected chi connectivity index (χ4v) is 1.62. The van der Waals surface area contributed by atoms with E-state index in [-0.39, 0.29) is 12.3 Å². The van der Waals surface area contributed by atoms with Crippen LogP contribution in [0.4, 0.5) is 4.39 Å². The summed E-state index contributed by atoms with van der Waals surface area (Å²) < 4.78 is 13.1. The molecule has 0 bridgehead atoms. The fraction of sp³-hybridized carbons (Fsp3) is 0.188. The highest BCUT2D eigenvalue weighted by Gasteiger charge is 2.15. The number of hydrogen-bond donors (Lipinski definition) is 4. The number of amides is 1. The van der Waals surface area contributed by atoms with Crippen LogP contribution in [0.5, 0.6) is 5.75 Å². The normalized spacial score (nSPS) is 9.60. The number of halogens is 1. The van der Waals surface area contributed by atoms with Gasteiger partial charge >= 0.3 is 11.9 Å². The smallest absolute Gasteiger partial charge is 0.329 e. The van der Waals surface area contributed by atoms with Crippen LogP contribution in [0.2, 0.25) is 0 Å². The standard InChI is InChI=1S/C14H11FN2O4.C2H7NO/c1-8(18)21-17-14(20)13-12(19)6-10(7-16-13)9-3-2-4-11(15)5-9;3-1-2-4/h2-7,19H,1H3,(H,17,20);4H,1-3H2. The Balaban J connectivity index is 0.000000705. The van der Waals surface area contributed by atoms with Crippen LogP contribution in [0.1, 0.15) is 17.4 Å². The summed E-state index contributed by atoms with van der Waals surface area (Å²) in [4.78, 5) is 30.3. The molecule has 0 aliphatic rings. The zero-order valence-electron chi connectivity index (χ0n) is 13.4. The molecule has 0 spiro atoms. The summed E-state index contributed by atoms with van der Waals surface area (Å²) in [7, 11) is 0. The summed E-state index contributed by atoms with van der Waals surface area (Å²) in [5.41, 5.74) is 7.25. The minimum atomic E-state index is -0.867. The number of aliphatic hydroxyl groups is 1. The van der Waals surface area contributed by atoms with Crippen molar-refractivity contribution in [1.82, 2.24) is 10.5 Å². The summed E-state index contributed by atoms with van der Waals surface area (Å²) in [5, 5.41) is 17.6. The summed E-state index contributed by atoms with van der Waals surface area (Å²) in [6.07, 6.45) is 1.30. The van der Waals surface area contributed by atoms with Crippen molar-refractivity contribution in [3.63, 3.8) is 0 Å². The molecule has 0 fully saturated rings. The molecule has 0 atom stereocenters. The molecule has 0 unspecified atom stereocenters. The van der Waals surface area contributed by atoms with E-state index in [1.807, 2.05) is 5.48 Å². The molecule has 8 nitrogen and oxygen atoms in total. The Kier molecular flexibility index (Phi) is 7.97. The van der Waals surface area contributed by atoms with E-state index in [1.54, 1.807) is 6.07 Å². The lowest BCUT2D eigenvalue weighted by Crippen LogP contribution is -2.26. The van der Waals surface area contributed by atoms with Crippen molar-refractivity contribution in [1.29, 1.82) is 0 Å². The lowest BCUT2D eigenvalue weighted by molar-refractivity contribution is -0.146. The average Bonchev–Trinajstić information content (AvgIpc) is 2.59. The van der Waals surface area contributed by atoms with E-state index in [1.165, 1.54) is 30.5 Å². The third kappa shape index (κ3) is 6.53. The molecule has 25 heavy (non-hydrogen) atoms. The Labute approximate surface area is 143 Å². The zero-order chi connectivity index (χ0) is 18.8. The van der Waals surface area contributed by atoms with E-state index in [4.69, 9.17) is 10.8 Å². The maximum atomic E-state index is 13.1. The number of hydrogen-bond acceptors (Lipinski definition) is 7. The molecule has 0 saturated carbocycles. The first kappa shape index (κ1) is 20.0. The van der Waals surface area contributed by atoms with Crippen LogP contribution in [0.15, 0.2) is 36.5 Å². The molecule has 2 aromatic rings. The van der Waals surface area contributed by atoms with E-state index < -0.39 is 23.4 Å². The first-order valence-corrected chi connectivity index (χ1v) is 7.12. The minimum absolute atomic E-state index is 0.0972. The number of benzene rings is 1. The largest absolute Gasteiger partial charge is 0.505 e. The number of carbonyl (C=O) groups excluding carboxylic acids is 2. The number of hydroxylamine groups is 1. The molecule has 1 heterocycles. The van der Waals surface area contributed by atoms with Crippen molar-refractivity contribution in [2.75, 3.05) is 13.2 Å². The van der Waals surface area contributed by atoms with Gasteiger partial charge in [-0.3, -0.25) is 9.59 Å². The highest BCUT2D eigenvalue weighted by molar-refractivity contribution is 5.95. The summed E-state index contributed by atoms with van der Waals surface area (Å²) in [5.74, 6) is -2.42. The van der Waals surface area contributed by atoms with Gasteiger partial charge in [-0.15, -0.1) is 0 Å². The Morgan fingerprint density at radius 3 is 2.52 bits per heavy atom. The maximum absolute atomic E-state index is 13.1. The average molecular weight is 351 g/mol. The number of carbonyl (C=O) groups is 2. The van der Waals surface area contributed by atoms with Gasteiger partial charge in [0, 0.05) is 25.2 Å². The number of rotatable bonds is 3. The monoisotopic (exact) mass is 351 g/mol. The molecule has 0 aliphatic carbocycles. The lowest BCUT2D eigenvalue weighted by atomic mass is 10.1. The molecule has 1 amide bonds. The molecular formula is C16H18FN3O5. The van der Waals surface area contributed by atoms with Crippen LogP contribution in [0.25, 0.3) is 11.1 Å². The summed E-state index contributed by atoms with van der Waals surface area (Å²) >= 11 is 0. The van der Waals surface area contributed by atoms with Crippen LogP contribution in [-0.4, -0.2) is 40.2 Å². The van der Waals surface area contributed by atoms with Crippen LogP contribution in [-0.2, 0) is 9.63 Å². The first-order chi connectivity index (χ1) is 11.9. The topological polar surface area (TPSA) is 135 Å². The Morgan fingerprint density at radius 2 is 2.00 bits per heavy atom. The highest BCUT2D eigenvalue weighted by Crippen LogP contribution is 2.25. The number of nitrogens with two attached hydrogens (primary N) is 1. The van der Waals surface area contributed by atoms with Crippen LogP contribution >= 0.6 is 0 Å². The number of nitrogens with one attached hydrogen (secondary N) is 1. The van der Waals surface area contributed by atoms with Crippen LogP contribution in [0.3, 0.4) is 0 Å². The lowest BCUT2D eigenvalue weighted by Gasteiger charge is -2.07. The van der Waals surface area contributed by atoms with Crippen molar-refractivity contribution in [3.05, 3.63) is 48.0 Å². The van der Waals surface area contributed by atoms with E-state index in [0.29, 0.717) is 17.7 Å². The van der Waals surface area contributed by atoms with Gasteiger partial charge in [0.1, 0.15) is 11.6 Å². The molecule has 0 aliphatic heterocycles. The predicted molar refractivity (Wildman–Crippen MR) is 86.7 cm³/mol. The molecule has 2 rings (SSSR count). The highest BCUT2D eigenvalue weighted by atomic mass is 19.1. The van der Waals surface area contributed by atoms with Gasteiger partial charge in [0.25, 0.3) is 0 Å². The molecule has 5 N–H and O–H groups in total. The molecule has 0 radical (unpaired) electrons. The van der Waals surface area contributed by atoms with Gasteiger partial charge in [0.05, 0.1) is 6.61 Å². The van der Waals surface area contributed by atoms with E-state index >= 15 is 0 Å². The van der Waals surface area contributed by atoms with Crippen molar-refractivity contribution < 1.29 is 29.0 Å².